The van der Waals surface area contributed by atoms with Crippen LogP contribution in [0.15, 0.2) is 30.3 Å². The zero-order valence-corrected chi connectivity index (χ0v) is 15.9. The van der Waals surface area contributed by atoms with Crippen molar-refractivity contribution in [3.8, 4) is 5.75 Å². The van der Waals surface area contributed by atoms with E-state index < -0.39 is 0 Å². The van der Waals surface area contributed by atoms with Crippen LogP contribution in [-0.4, -0.2) is 56.4 Å². The average molecular weight is 361 g/mol. The van der Waals surface area contributed by atoms with Crippen LogP contribution < -0.4 is 4.74 Å². The summed E-state index contributed by atoms with van der Waals surface area (Å²) < 4.78 is 11.0. The summed E-state index contributed by atoms with van der Waals surface area (Å²) in [5.41, 5.74) is 1.65. The molecule has 1 saturated heterocycles. The molecule has 144 valence electrons. The van der Waals surface area contributed by atoms with Gasteiger partial charge in [0.2, 0.25) is 0 Å². The predicted molar refractivity (Wildman–Crippen MR) is 103 cm³/mol. The van der Waals surface area contributed by atoms with Crippen molar-refractivity contribution in [3.63, 3.8) is 0 Å². The fourth-order valence-electron chi connectivity index (χ4n) is 4.41. The smallest absolute Gasteiger partial charge is 0.290 e. The van der Waals surface area contributed by atoms with E-state index in [0.717, 1.165) is 12.3 Å². The van der Waals surface area contributed by atoms with E-state index >= 15 is 0 Å². The van der Waals surface area contributed by atoms with Crippen molar-refractivity contribution in [2.24, 2.45) is 5.41 Å². The Morgan fingerprint density at radius 1 is 1.23 bits per heavy atom. The number of hydrogen-bond acceptors (Lipinski definition) is 4. The summed E-state index contributed by atoms with van der Waals surface area (Å²) in [4.78, 5) is 11.0. The fourth-order valence-corrected chi connectivity index (χ4v) is 4.41. The third kappa shape index (κ3) is 5.32. The number of methoxy groups -OCH3 is 2. The van der Waals surface area contributed by atoms with Crippen LogP contribution in [0.5, 0.6) is 5.75 Å². The Balaban J connectivity index is 0.000000758. The van der Waals surface area contributed by atoms with Gasteiger partial charge in [0, 0.05) is 25.6 Å². The number of rotatable bonds is 5. The summed E-state index contributed by atoms with van der Waals surface area (Å²) in [6.07, 6.45) is 11.5. The van der Waals surface area contributed by atoms with Crippen LogP contribution in [0, 0.1) is 5.41 Å². The molecule has 1 aliphatic heterocycles. The van der Waals surface area contributed by atoms with Crippen molar-refractivity contribution < 1.29 is 19.4 Å². The minimum Gasteiger partial charge on any atom is -0.497 e. The van der Waals surface area contributed by atoms with E-state index in [1.807, 2.05) is 19.2 Å². The Morgan fingerprint density at radius 3 is 2.58 bits per heavy atom. The van der Waals surface area contributed by atoms with Gasteiger partial charge < -0.3 is 14.6 Å². The maximum atomic E-state index is 8.36. The van der Waals surface area contributed by atoms with Gasteiger partial charge in [-0.1, -0.05) is 30.7 Å². The molecule has 1 aromatic carbocycles. The van der Waals surface area contributed by atoms with E-state index in [1.165, 1.54) is 50.8 Å². The highest BCUT2D eigenvalue weighted by Crippen LogP contribution is 2.46. The molecule has 0 amide bonds. The van der Waals surface area contributed by atoms with E-state index in [4.69, 9.17) is 19.4 Å². The first-order chi connectivity index (χ1) is 12.7. The lowest BCUT2D eigenvalue weighted by molar-refractivity contribution is -0.122. The Kier molecular flexibility index (Phi) is 8.13. The SMILES string of the molecule is COc1ccc(/C=C/CN2CCC[C@]3(CCC[C@H]3OC)C2)cc1.O=CO. The number of ether oxygens (including phenoxy) is 2. The summed E-state index contributed by atoms with van der Waals surface area (Å²) in [5, 5.41) is 6.89. The van der Waals surface area contributed by atoms with E-state index in [-0.39, 0.29) is 6.47 Å². The summed E-state index contributed by atoms with van der Waals surface area (Å²) in [6, 6.07) is 8.23. The molecule has 1 aromatic rings. The lowest BCUT2D eigenvalue weighted by Gasteiger charge is -2.43. The molecule has 1 aliphatic carbocycles. The Bertz CT molecular complexity index is 572. The van der Waals surface area contributed by atoms with Gasteiger partial charge >= 0.3 is 0 Å². The zero-order valence-electron chi connectivity index (χ0n) is 15.9. The molecular weight excluding hydrogens is 330 g/mol. The van der Waals surface area contributed by atoms with Gasteiger partial charge in [-0.05, 0) is 49.9 Å². The molecule has 1 spiro atoms. The largest absolute Gasteiger partial charge is 0.497 e. The molecule has 2 aliphatic rings. The van der Waals surface area contributed by atoms with Crippen LogP contribution in [0.25, 0.3) is 6.08 Å². The van der Waals surface area contributed by atoms with Crippen LogP contribution in [0.3, 0.4) is 0 Å². The highest BCUT2D eigenvalue weighted by Gasteiger charge is 2.45. The van der Waals surface area contributed by atoms with Crippen LogP contribution in [0.1, 0.15) is 37.7 Å². The van der Waals surface area contributed by atoms with Gasteiger partial charge in [-0.15, -0.1) is 0 Å². The minimum absolute atomic E-state index is 0.250. The maximum absolute atomic E-state index is 8.36. The lowest BCUT2D eigenvalue weighted by Crippen LogP contribution is -2.47. The van der Waals surface area contributed by atoms with Crippen LogP contribution in [-0.2, 0) is 9.53 Å². The number of likely N-dealkylation sites (tertiary alicyclic amines) is 1. The molecule has 0 unspecified atom stereocenters. The summed E-state index contributed by atoms with van der Waals surface area (Å²) in [6.45, 7) is 3.19. The molecule has 1 heterocycles. The van der Waals surface area contributed by atoms with E-state index in [2.05, 4.69) is 29.2 Å². The summed E-state index contributed by atoms with van der Waals surface area (Å²) in [5.74, 6) is 0.909. The molecule has 0 radical (unpaired) electrons. The van der Waals surface area contributed by atoms with Crippen molar-refractivity contribution in [3.05, 3.63) is 35.9 Å². The van der Waals surface area contributed by atoms with Crippen LogP contribution in [0.2, 0.25) is 0 Å². The van der Waals surface area contributed by atoms with Crippen LogP contribution >= 0.6 is 0 Å². The van der Waals surface area contributed by atoms with Crippen molar-refractivity contribution in [2.75, 3.05) is 33.9 Å². The molecule has 1 N–H and O–H groups in total. The Hall–Kier alpha value is -1.85. The first-order valence-electron chi connectivity index (χ1n) is 9.31. The number of carboxylic acid groups (broad SMARTS) is 1. The van der Waals surface area contributed by atoms with Gasteiger partial charge in [0.1, 0.15) is 5.75 Å². The van der Waals surface area contributed by atoms with Crippen molar-refractivity contribution in [1.82, 2.24) is 4.90 Å². The molecule has 0 aromatic heterocycles. The summed E-state index contributed by atoms with van der Waals surface area (Å²) >= 11 is 0. The van der Waals surface area contributed by atoms with Gasteiger partial charge in [-0.2, -0.15) is 0 Å². The molecule has 5 heteroatoms. The second-order valence-electron chi connectivity index (χ2n) is 7.10. The van der Waals surface area contributed by atoms with Crippen molar-refractivity contribution >= 4 is 12.5 Å². The third-order valence-corrected chi connectivity index (χ3v) is 5.59. The molecule has 0 bridgehead atoms. The maximum Gasteiger partial charge on any atom is 0.290 e. The molecule has 2 fully saturated rings. The van der Waals surface area contributed by atoms with E-state index in [9.17, 15) is 0 Å². The summed E-state index contributed by atoms with van der Waals surface area (Å²) in [7, 11) is 3.59. The number of nitrogens with zero attached hydrogens (tertiary/aromatic N) is 1. The highest BCUT2D eigenvalue weighted by molar-refractivity contribution is 5.50. The third-order valence-electron chi connectivity index (χ3n) is 5.59. The Labute approximate surface area is 156 Å². The van der Waals surface area contributed by atoms with Crippen LogP contribution in [0.4, 0.5) is 0 Å². The van der Waals surface area contributed by atoms with Gasteiger partial charge in [-0.3, -0.25) is 9.69 Å². The molecule has 2 atom stereocenters. The lowest BCUT2D eigenvalue weighted by atomic mass is 9.76. The number of piperidine rings is 1. The molecule has 26 heavy (non-hydrogen) atoms. The number of hydrogen-bond donors (Lipinski definition) is 1. The van der Waals surface area contributed by atoms with Gasteiger partial charge in [0.25, 0.3) is 6.47 Å². The molecular formula is C21H31NO4. The highest BCUT2D eigenvalue weighted by atomic mass is 16.5. The van der Waals surface area contributed by atoms with Gasteiger partial charge in [0.15, 0.2) is 0 Å². The molecule has 3 rings (SSSR count). The van der Waals surface area contributed by atoms with Crippen molar-refractivity contribution in [2.45, 2.75) is 38.2 Å². The average Bonchev–Trinajstić information content (AvgIpc) is 3.04. The quantitative estimate of drug-likeness (QED) is 0.811. The van der Waals surface area contributed by atoms with Gasteiger partial charge in [-0.25, -0.2) is 0 Å². The first-order valence-corrected chi connectivity index (χ1v) is 9.31. The molecule has 5 nitrogen and oxygen atoms in total. The zero-order chi connectivity index (χ0) is 18.8. The number of carbonyl (C=O) groups is 1. The van der Waals surface area contributed by atoms with Gasteiger partial charge in [0.05, 0.1) is 13.2 Å². The second-order valence-corrected chi connectivity index (χ2v) is 7.10. The predicted octanol–water partition coefficient (Wildman–Crippen LogP) is 3.69. The Morgan fingerprint density at radius 2 is 1.92 bits per heavy atom. The monoisotopic (exact) mass is 361 g/mol. The number of benzene rings is 1. The molecule has 1 saturated carbocycles. The second kappa shape index (κ2) is 10.3. The minimum atomic E-state index is -0.250. The topological polar surface area (TPSA) is 59.0 Å². The standard InChI is InChI=1S/C20H29NO2.CH2O2/c1-22-18-10-8-17(9-11-18)6-4-14-21-15-5-13-20(16-21)12-3-7-19(20)23-2;2-1-3/h4,6,8-11,19H,3,5,7,12-16H2,1-2H3;1H,(H,2,3)/b6-4+;/t19-,20-;/m1./s1. The van der Waals surface area contributed by atoms with E-state index in [1.54, 1.807) is 7.11 Å². The van der Waals surface area contributed by atoms with E-state index in [0.29, 0.717) is 11.5 Å². The first kappa shape index (κ1) is 20.5. The van der Waals surface area contributed by atoms with Crippen molar-refractivity contribution in [1.29, 1.82) is 0 Å². The fraction of sp³-hybridized carbons (Fsp3) is 0.571. The normalized spacial score (nSPS) is 25.8.